The lowest BCUT2D eigenvalue weighted by atomic mass is 9.93. The smallest absolute Gasteiger partial charge is 0.313 e. The first-order chi connectivity index (χ1) is 13.3. The van der Waals surface area contributed by atoms with Gasteiger partial charge in [-0.1, -0.05) is 0 Å². The number of benzene rings is 1. The molecule has 1 aromatic carbocycles. The van der Waals surface area contributed by atoms with Crippen molar-refractivity contribution in [2.75, 3.05) is 11.9 Å². The Morgan fingerprint density at radius 2 is 1.79 bits per heavy atom. The normalized spacial score (nSPS) is 19.8. The van der Waals surface area contributed by atoms with E-state index in [-0.39, 0.29) is 28.7 Å². The zero-order chi connectivity index (χ0) is 20.3. The number of anilines is 1. The molecule has 0 bridgehead atoms. The first kappa shape index (κ1) is 20.1. The van der Waals surface area contributed by atoms with E-state index in [1.807, 2.05) is 0 Å². The van der Waals surface area contributed by atoms with Crippen LogP contribution in [0.5, 0.6) is 0 Å². The second-order valence-electron chi connectivity index (χ2n) is 6.64. The number of carbonyl (C=O) groups excluding carboxylic acids is 2. The summed E-state index contributed by atoms with van der Waals surface area (Å²) in [6.07, 6.45) is 0.558. The van der Waals surface area contributed by atoms with Crippen molar-refractivity contribution in [1.29, 1.82) is 0 Å². The van der Waals surface area contributed by atoms with Gasteiger partial charge < -0.3 is 20.4 Å². The maximum atomic E-state index is 13.4. The highest BCUT2D eigenvalue weighted by Crippen LogP contribution is 2.26. The lowest BCUT2D eigenvalue weighted by Crippen LogP contribution is -2.44. The molecule has 28 heavy (non-hydrogen) atoms. The van der Waals surface area contributed by atoms with Crippen molar-refractivity contribution in [3.8, 4) is 0 Å². The number of carbonyl (C=O) groups is 2. The molecular formula is C18H19F4N3O3. The van der Waals surface area contributed by atoms with E-state index >= 15 is 0 Å². The molecule has 1 aliphatic rings. The largest absolute Gasteiger partial charge is 0.372 e. The fourth-order valence-electron chi connectivity index (χ4n) is 3.23. The van der Waals surface area contributed by atoms with E-state index in [2.05, 4.69) is 15.6 Å². The van der Waals surface area contributed by atoms with Crippen LogP contribution >= 0.6 is 0 Å². The molecule has 1 saturated carbocycles. The van der Waals surface area contributed by atoms with Crippen molar-refractivity contribution in [3.63, 3.8) is 0 Å². The fourth-order valence-corrected chi connectivity index (χ4v) is 3.23. The van der Waals surface area contributed by atoms with Gasteiger partial charge in [0.15, 0.2) is 11.6 Å². The van der Waals surface area contributed by atoms with Gasteiger partial charge >= 0.3 is 11.8 Å². The molecule has 6 nitrogen and oxygen atoms in total. The van der Waals surface area contributed by atoms with Crippen molar-refractivity contribution in [2.24, 2.45) is 0 Å². The van der Waals surface area contributed by atoms with Gasteiger partial charge in [0.05, 0.1) is 17.3 Å². The molecule has 3 rings (SSSR count). The molecule has 0 radical (unpaired) electrons. The third-order valence-electron chi connectivity index (χ3n) is 4.64. The van der Waals surface area contributed by atoms with Gasteiger partial charge in [0, 0.05) is 23.7 Å². The van der Waals surface area contributed by atoms with Crippen LogP contribution in [-0.2, 0) is 14.3 Å². The first-order valence-corrected chi connectivity index (χ1v) is 8.81. The highest BCUT2D eigenvalue weighted by Gasteiger charge is 2.26. The zero-order valence-corrected chi connectivity index (χ0v) is 14.7. The number of nitrogens with one attached hydrogen (secondary N) is 3. The lowest BCUT2D eigenvalue weighted by Gasteiger charge is -2.28. The summed E-state index contributed by atoms with van der Waals surface area (Å²) in [5.41, 5.74) is 0.426. The Morgan fingerprint density at radius 1 is 1.11 bits per heavy atom. The van der Waals surface area contributed by atoms with Crippen molar-refractivity contribution in [3.05, 3.63) is 30.0 Å². The summed E-state index contributed by atoms with van der Waals surface area (Å²) < 4.78 is 56.0. The second-order valence-corrected chi connectivity index (χ2v) is 6.64. The number of aromatic amines is 1. The molecule has 152 valence electrons. The van der Waals surface area contributed by atoms with Crippen LogP contribution in [0.4, 0.5) is 23.2 Å². The minimum atomic E-state index is -2.52. The number of rotatable bonds is 5. The van der Waals surface area contributed by atoms with Gasteiger partial charge in [0.25, 0.3) is 6.43 Å². The number of aromatic nitrogens is 1. The van der Waals surface area contributed by atoms with Crippen LogP contribution in [0.2, 0.25) is 0 Å². The topological polar surface area (TPSA) is 83.2 Å². The van der Waals surface area contributed by atoms with E-state index in [0.717, 1.165) is 12.1 Å². The Bertz CT molecular complexity index is 863. The molecule has 1 aromatic heterocycles. The molecule has 2 aromatic rings. The quantitative estimate of drug-likeness (QED) is 0.532. The van der Waals surface area contributed by atoms with Gasteiger partial charge in [0.2, 0.25) is 0 Å². The third-order valence-corrected chi connectivity index (χ3v) is 4.64. The van der Waals surface area contributed by atoms with Gasteiger partial charge in [-0.05, 0) is 31.7 Å². The first-order valence-electron chi connectivity index (χ1n) is 8.81. The SMILES string of the molecule is O=C(Nc1c[nH]c2cc(F)c(F)cc12)C(=O)NC1CCC(OCC(F)F)CC1. The number of halogens is 4. The van der Waals surface area contributed by atoms with Crippen LogP contribution in [0, 0.1) is 11.6 Å². The fraction of sp³-hybridized carbons (Fsp3) is 0.444. The minimum absolute atomic E-state index is 0.151. The molecule has 3 N–H and O–H groups in total. The lowest BCUT2D eigenvalue weighted by molar-refractivity contribution is -0.136. The van der Waals surface area contributed by atoms with E-state index < -0.39 is 36.5 Å². The number of hydrogen-bond donors (Lipinski definition) is 3. The maximum Gasteiger partial charge on any atom is 0.313 e. The Hall–Kier alpha value is -2.62. The summed E-state index contributed by atoms with van der Waals surface area (Å²) in [7, 11) is 0. The second kappa shape index (κ2) is 8.59. The standard InChI is InChI=1S/C18H19F4N3O3/c19-12-5-11-14(6-13(12)20)23-7-15(11)25-18(27)17(26)24-9-1-3-10(4-2-9)28-8-16(21)22/h5-7,9-10,16,23H,1-4,8H2,(H,24,26)(H,25,27). The van der Waals surface area contributed by atoms with Crippen LogP contribution in [-0.4, -0.2) is 42.0 Å². The summed E-state index contributed by atoms with van der Waals surface area (Å²) in [6.45, 7) is -0.612. The summed E-state index contributed by atoms with van der Waals surface area (Å²) in [6, 6.07) is 1.61. The minimum Gasteiger partial charge on any atom is -0.372 e. The Labute approximate surface area is 157 Å². The van der Waals surface area contributed by atoms with Crippen molar-refractivity contribution in [2.45, 2.75) is 44.3 Å². The summed E-state index contributed by atoms with van der Waals surface area (Å²) in [5.74, 6) is -3.91. The molecule has 0 unspecified atom stereocenters. The molecule has 10 heteroatoms. The molecule has 1 aliphatic carbocycles. The van der Waals surface area contributed by atoms with E-state index in [4.69, 9.17) is 4.74 Å². The van der Waals surface area contributed by atoms with Gasteiger partial charge in [-0.3, -0.25) is 9.59 Å². The van der Waals surface area contributed by atoms with Gasteiger partial charge in [0.1, 0.15) is 6.61 Å². The Kier molecular flexibility index (Phi) is 6.18. The van der Waals surface area contributed by atoms with E-state index in [0.29, 0.717) is 25.7 Å². The summed E-state index contributed by atoms with van der Waals surface area (Å²) >= 11 is 0. The van der Waals surface area contributed by atoms with Gasteiger partial charge in [-0.15, -0.1) is 0 Å². The van der Waals surface area contributed by atoms with Crippen molar-refractivity contribution in [1.82, 2.24) is 10.3 Å². The molecular weight excluding hydrogens is 382 g/mol. The molecule has 0 spiro atoms. The van der Waals surface area contributed by atoms with Crippen LogP contribution in [0.3, 0.4) is 0 Å². The average molecular weight is 401 g/mol. The van der Waals surface area contributed by atoms with E-state index in [1.165, 1.54) is 6.20 Å². The number of ether oxygens (including phenoxy) is 1. The van der Waals surface area contributed by atoms with E-state index in [9.17, 15) is 27.2 Å². The number of hydrogen-bond acceptors (Lipinski definition) is 3. The van der Waals surface area contributed by atoms with Crippen LogP contribution in [0.15, 0.2) is 18.3 Å². The van der Waals surface area contributed by atoms with Gasteiger partial charge in [-0.2, -0.15) is 0 Å². The maximum absolute atomic E-state index is 13.4. The van der Waals surface area contributed by atoms with Crippen LogP contribution in [0.1, 0.15) is 25.7 Å². The van der Waals surface area contributed by atoms with Crippen molar-refractivity contribution >= 4 is 28.4 Å². The van der Waals surface area contributed by atoms with Crippen molar-refractivity contribution < 1.29 is 31.9 Å². The number of amides is 2. The Balaban J connectivity index is 1.52. The highest BCUT2D eigenvalue weighted by atomic mass is 19.3. The predicted molar refractivity (Wildman–Crippen MR) is 93.0 cm³/mol. The molecule has 1 fully saturated rings. The molecule has 1 heterocycles. The highest BCUT2D eigenvalue weighted by molar-refractivity contribution is 6.40. The Morgan fingerprint density at radius 3 is 2.46 bits per heavy atom. The number of fused-ring (bicyclic) bond motifs is 1. The zero-order valence-electron chi connectivity index (χ0n) is 14.7. The number of H-pyrrole nitrogens is 1. The van der Waals surface area contributed by atoms with E-state index in [1.54, 1.807) is 0 Å². The predicted octanol–water partition coefficient (Wildman–Crippen LogP) is 3.09. The molecule has 0 aliphatic heterocycles. The molecule has 2 amide bonds. The molecule has 0 saturated heterocycles. The third kappa shape index (κ3) is 4.80. The van der Waals surface area contributed by atoms with Gasteiger partial charge in [-0.25, -0.2) is 17.6 Å². The summed E-state index contributed by atoms with van der Waals surface area (Å²) in [5, 5.41) is 5.18. The van der Waals surface area contributed by atoms with Crippen LogP contribution in [0.25, 0.3) is 10.9 Å². The summed E-state index contributed by atoms with van der Waals surface area (Å²) in [4.78, 5) is 26.9. The average Bonchev–Trinajstić information content (AvgIpc) is 3.03. The molecule has 0 atom stereocenters. The monoisotopic (exact) mass is 401 g/mol. The van der Waals surface area contributed by atoms with Crippen LogP contribution < -0.4 is 10.6 Å². The number of alkyl halides is 2.